The van der Waals surface area contributed by atoms with E-state index in [0.29, 0.717) is 17.0 Å². The van der Waals surface area contributed by atoms with Crippen molar-refractivity contribution in [2.24, 2.45) is 34.6 Å². The van der Waals surface area contributed by atoms with Crippen LogP contribution < -0.4 is 10.6 Å². The number of hydrogen-bond acceptors (Lipinski definition) is 11. The van der Waals surface area contributed by atoms with Gasteiger partial charge in [-0.15, -0.1) is 0 Å². The predicted octanol–water partition coefficient (Wildman–Crippen LogP) is -0.697. The summed E-state index contributed by atoms with van der Waals surface area (Å²) in [6.07, 6.45) is 0.164. The van der Waals surface area contributed by atoms with Gasteiger partial charge >= 0.3 is 0 Å². The first-order valence-electron chi connectivity index (χ1n) is 12.2. The summed E-state index contributed by atoms with van der Waals surface area (Å²) in [5.74, 6) is -10.9. The maximum atomic E-state index is 13.9. The third-order valence-corrected chi connectivity index (χ3v) is 8.14. The van der Waals surface area contributed by atoms with Gasteiger partial charge in [0.25, 0.3) is 0 Å². The summed E-state index contributed by atoms with van der Waals surface area (Å²) < 4.78 is 0. The molecule has 1 aromatic carbocycles. The lowest BCUT2D eigenvalue weighted by molar-refractivity contribution is -0.181. The van der Waals surface area contributed by atoms with Crippen LogP contribution in [0.3, 0.4) is 0 Å². The Morgan fingerprint density at radius 2 is 1.79 bits per heavy atom. The number of oxime groups is 1. The van der Waals surface area contributed by atoms with Crippen LogP contribution in [-0.2, 0) is 30.4 Å². The van der Waals surface area contributed by atoms with E-state index >= 15 is 0 Å². The van der Waals surface area contributed by atoms with E-state index in [-0.39, 0.29) is 29.7 Å². The summed E-state index contributed by atoms with van der Waals surface area (Å²) in [6, 6.07) is 0.530. The number of aliphatic hydroxyl groups is 1. The van der Waals surface area contributed by atoms with Crippen molar-refractivity contribution < 1.29 is 39.0 Å². The molecule has 3 aliphatic carbocycles. The molecule has 0 radical (unpaired) electrons. The summed E-state index contributed by atoms with van der Waals surface area (Å²) in [6.45, 7) is 1.59. The summed E-state index contributed by atoms with van der Waals surface area (Å²) in [7, 11) is 7.96. The Bertz CT molecular complexity index is 1300. The maximum Gasteiger partial charge on any atom is 0.235 e. The van der Waals surface area contributed by atoms with Crippen molar-refractivity contribution >= 4 is 40.4 Å². The minimum atomic E-state index is -2.76. The topological polar surface area (TPSA) is 180 Å². The molecule has 0 saturated heterocycles. The molecule has 2 unspecified atom stereocenters. The number of nitrogens with two attached hydrogens (primary N) is 1. The van der Waals surface area contributed by atoms with E-state index in [4.69, 9.17) is 10.6 Å². The molecule has 1 amide bonds. The highest BCUT2D eigenvalue weighted by atomic mass is 16.6. The van der Waals surface area contributed by atoms with Gasteiger partial charge < -0.3 is 25.7 Å². The predicted molar refractivity (Wildman–Crippen MR) is 135 cm³/mol. The van der Waals surface area contributed by atoms with E-state index in [2.05, 4.69) is 5.16 Å². The summed E-state index contributed by atoms with van der Waals surface area (Å²) in [4.78, 5) is 74.5. The number of aromatic hydroxyl groups is 1. The van der Waals surface area contributed by atoms with Gasteiger partial charge in [0.15, 0.2) is 34.7 Å². The van der Waals surface area contributed by atoms with Gasteiger partial charge in [0, 0.05) is 31.3 Å². The van der Waals surface area contributed by atoms with Gasteiger partial charge in [-0.05, 0) is 51.4 Å². The van der Waals surface area contributed by atoms with Gasteiger partial charge in [0.1, 0.15) is 12.9 Å². The molecule has 0 spiro atoms. The molecule has 4 N–H and O–H groups in total. The second-order valence-corrected chi connectivity index (χ2v) is 10.7. The number of hydrogen-bond donors (Lipinski definition) is 3. The number of phenolic OH excluding ortho intramolecular Hbond substituents is 1. The van der Waals surface area contributed by atoms with Crippen molar-refractivity contribution in [1.29, 1.82) is 0 Å². The average molecular weight is 529 g/mol. The zero-order valence-electron chi connectivity index (χ0n) is 22.1. The highest BCUT2D eigenvalue weighted by molar-refractivity contribution is 6.32. The highest BCUT2D eigenvalue weighted by Crippen LogP contribution is 2.52. The van der Waals surface area contributed by atoms with Crippen molar-refractivity contribution in [3.05, 3.63) is 22.8 Å². The number of primary amides is 1. The van der Waals surface area contributed by atoms with Crippen molar-refractivity contribution in [2.75, 3.05) is 40.2 Å². The van der Waals surface area contributed by atoms with Crippen LogP contribution in [-0.4, -0.2) is 96.8 Å². The van der Waals surface area contributed by atoms with E-state index in [1.807, 2.05) is 0 Å². The van der Waals surface area contributed by atoms with Crippen LogP contribution in [0.15, 0.2) is 11.2 Å². The molecule has 4 rings (SSSR count). The van der Waals surface area contributed by atoms with Crippen molar-refractivity contribution in [2.45, 2.75) is 31.4 Å². The number of carbonyl (C=O) groups is 5. The SMILES string of the molecule is CON=C(C)c1cc(N(C)C)c2c(c1O)C(=O)C1C(=O)[C@]3(O)C(=O)C(C(N)=O)C(=O)[C@@H](N(C)C)[C@@H]3C[C@@H]1C2. The first kappa shape index (κ1) is 27.4. The number of benzene rings is 1. The van der Waals surface area contributed by atoms with Gasteiger partial charge in [-0.3, -0.25) is 28.9 Å². The van der Waals surface area contributed by atoms with Crippen molar-refractivity contribution in [3.63, 3.8) is 0 Å². The number of amides is 1. The molecule has 204 valence electrons. The molecule has 0 aliphatic heterocycles. The van der Waals surface area contributed by atoms with Crippen LogP contribution in [0.1, 0.15) is 34.8 Å². The lowest BCUT2D eigenvalue weighted by Crippen LogP contribution is -2.74. The molecule has 0 aromatic heterocycles. The summed E-state index contributed by atoms with van der Waals surface area (Å²) >= 11 is 0. The number of ketones is 4. The number of carbonyl (C=O) groups excluding carboxylic acids is 5. The third-order valence-electron chi connectivity index (χ3n) is 8.14. The molecule has 0 heterocycles. The molecular weight excluding hydrogens is 496 g/mol. The van der Waals surface area contributed by atoms with Crippen LogP contribution >= 0.6 is 0 Å². The number of Topliss-reactive ketones (excluding diaryl/α,β-unsaturated/α-hetero) is 4. The second kappa shape index (κ2) is 9.28. The Morgan fingerprint density at radius 1 is 1.16 bits per heavy atom. The first-order valence-corrected chi connectivity index (χ1v) is 12.2. The van der Waals surface area contributed by atoms with Crippen molar-refractivity contribution in [1.82, 2.24) is 4.90 Å². The molecule has 2 saturated carbocycles. The third kappa shape index (κ3) is 3.65. The molecule has 12 heteroatoms. The lowest BCUT2D eigenvalue weighted by atomic mass is 9.52. The van der Waals surface area contributed by atoms with Gasteiger partial charge in [0.2, 0.25) is 5.91 Å². The number of fused-ring (bicyclic) bond motifs is 3. The fourth-order valence-corrected chi connectivity index (χ4v) is 6.51. The van der Waals surface area contributed by atoms with Crippen LogP contribution in [0.25, 0.3) is 0 Å². The van der Waals surface area contributed by atoms with Crippen molar-refractivity contribution in [3.8, 4) is 5.75 Å². The van der Waals surface area contributed by atoms with Crippen LogP contribution in [0.2, 0.25) is 0 Å². The Balaban J connectivity index is 1.92. The number of phenols is 1. The minimum absolute atomic E-state index is 0.0105. The maximum absolute atomic E-state index is 13.9. The Labute approximate surface area is 219 Å². The van der Waals surface area contributed by atoms with E-state index in [1.165, 1.54) is 12.0 Å². The van der Waals surface area contributed by atoms with Gasteiger partial charge in [-0.2, -0.15) is 0 Å². The first-order chi connectivity index (χ1) is 17.7. The van der Waals surface area contributed by atoms with Gasteiger partial charge in [-0.1, -0.05) is 5.16 Å². The number of likely N-dealkylation sites (N-methyl/N-ethyl adjacent to an activating group) is 1. The number of anilines is 1. The van der Waals surface area contributed by atoms with Crippen LogP contribution in [0.4, 0.5) is 5.69 Å². The number of rotatable bonds is 5. The monoisotopic (exact) mass is 528 g/mol. The molecule has 6 atom stereocenters. The highest BCUT2D eigenvalue weighted by Gasteiger charge is 2.69. The zero-order valence-corrected chi connectivity index (χ0v) is 22.1. The Hall–Kier alpha value is -3.64. The van der Waals surface area contributed by atoms with Gasteiger partial charge in [-0.25, -0.2) is 0 Å². The minimum Gasteiger partial charge on any atom is -0.506 e. The molecule has 3 aliphatic rings. The van der Waals surface area contributed by atoms with Crippen LogP contribution in [0.5, 0.6) is 5.75 Å². The summed E-state index contributed by atoms with van der Waals surface area (Å²) in [5, 5.41) is 26.7. The van der Waals surface area contributed by atoms with E-state index in [0.717, 1.165) is 0 Å². The quantitative estimate of drug-likeness (QED) is 0.251. The Morgan fingerprint density at radius 3 is 2.32 bits per heavy atom. The van der Waals surface area contributed by atoms with Gasteiger partial charge in [0.05, 0.1) is 23.2 Å². The fraction of sp³-hybridized carbons (Fsp3) is 0.538. The second-order valence-electron chi connectivity index (χ2n) is 10.7. The average Bonchev–Trinajstić information content (AvgIpc) is 2.81. The molecule has 2 fully saturated rings. The molecule has 0 bridgehead atoms. The number of nitrogens with zero attached hydrogens (tertiary/aromatic N) is 3. The fourth-order valence-electron chi connectivity index (χ4n) is 6.51. The molecular formula is C26H32N4O8. The normalized spacial score (nSPS) is 31.1. The standard InChI is InChI=1S/C26H32N4O8/c1-10(28-38-6)12-9-15(29(2)3)13-7-11-8-14-19(30(4)5)22(33)18(25(27)36)24(35)26(14,37)23(34)16(11)21(32)17(13)20(12)31/h9,11,14,16,18-19,31,37H,7-8H2,1-6H3,(H2,27,36)/t11-,14-,16?,18?,19-,26-/m0/s1. The largest absolute Gasteiger partial charge is 0.506 e. The van der Waals surface area contributed by atoms with E-state index < -0.39 is 64.4 Å². The Kier molecular flexibility index (Phi) is 6.69. The zero-order chi connectivity index (χ0) is 28.4. The summed E-state index contributed by atoms with van der Waals surface area (Å²) in [5.41, 5.74) is 4.13. The molecule has 12 nitrogen and oxygen atoms in total. The molecule has 1 aromatic rings. The van der Waals surface area contributed by atoms with E-state index in [9.17, 15) is 34.2 Å². The van der Waals surface area contributed by atoms with E-state index in [1.54, 1.807) is 46.1 Å². The lowest BCUT2D eigenvalue weighted by Gasteiger charge is -2.52. The van der Waals surface area contributed by atoms with Crippen LogP contribution in [0, 0.1) is 23.7 Å². The smallest absolute Gasteiger partial charge is 0.235 e. The molecule has 38 heavy (non-hydrogen) atoms.